The standard InChI is InChI=1S/C35H34N4O5/c1-8-19-15(3)22-12-24-17(5)21(10-11-28(40)41)32(38-24)30-31(35(43)44-7)34(42)29-18(6)25(39-33(29)30)14-27-20(9-2)16(4)23(37-27)13-26(19)36-22/h8,12-14,17,21,31H,1,9-11H2,2-7H3,(H,40,41). The zero-order valence-corrected chi connectivity index (χ0v) is 25.7. The van der Waals surface area contributed by atoms with Crippen molar-refractivity contribution in [1.82, 2.24) is 0 Å². The lowest BCUT2D eigenvalue weighted by Gasteiger charge is -2.19. The second-order valence-electron chi connectivity index (χ2n) is 11.7. The Bertz CT molecular complexity index is 1850. The summed E-state index contributed by atoms with van der Waals surface area (Å²) in [6.07, 6.45) is 8.51. The summed E-state index contributed by atoms with van der Waals surface area (Å²) in [7, 11) is 1.25. The Morgan fingerprint density at radius 2 is 1.64 bits per heavy atom. The number of carboxylic acid groups (broad SMARTS) is 1. The summed E-state index contributed by atoms with van der Waals surface area (Å²) < 4.78 is 5.11. The minimum Gasteiger partial charge on any atom is -0.481 e. The maximum absolute atomic E-state index is 14.0. The van der Waals surface area contributed by atoms with E-state index in [2.05, 4.69) is 13.5 Å². The number of fused-ring (bicyclic) bond motifs is 4. The van der Waals surface area contributed by atoms with Crippen molar-refractivity contribution in [2.24, 2.45) is 37.7 Å². The molecule has 0 spiro atoms. The van der Waals surface area contributed by atoms with Gasteiger partial charge in [-0.25, -0.2) is 15.0 Å². The number of carbonyl (C=O) groups excluding carboxylic acids is 2. The first-order chi connectivity index (χ1) is 21.0. The molecule has 0 radical (unpaired) electrons. The third-order valence-electron chi connectivity index (χ3n) is 9.41. The van der Waals surface area contributed by atoms with E-state index in [0.29, 0.717) is 39.5 Å². The summed E-state index contributed by atoms with van der Waals surface area (Å²) in [5, 5.41) is 9.59. The number of esters is 1. The highest BCUT2D eigenvalue weighted by Crippen LogP contribution is 2.47. The van der Waals surface area contributed by atoms with Crippen molar-refractivity contribution in [2.45, 2.75) is 53.9 Å². The fourth-order valence-corrected chi connectivity index (χ4v) is 6.93. The highest BCUT2D eigenvalue weighted by molar-refractivity contribution is 6.42. The molecule has 6 rings (SSSR count). The molecule has 5 aliphatic heterocycles. The van der Waals surface area contributed by atoms with Gasteiger partial charge in [-0.15, -0.1) is 0 Å². The maximum atomic E-state index is 14.0. The predicted octanol–water partition coefficient (Wildman–Crippen LogP) is 5.76. The van der Waals surface area contributed by atoms with E-state index in [1.165, 1.54) is 7.11 Å². The minimum atomic E-state index is -1.23. The number of carboxylic acids is 1. The Labute approximate surface area is 256 Å². The lowest BCUT2D eigenvalue weighted by Crippen LogP contribution is -2.25. The molecular weight excluding hydrogens is 556 g/mol. The molecule has 5 heterocycles. The average molecular weight is 591 g/mol. The number of ketones is 1. The van der Waals surface area contributed by atoms with Gasteiger partial charge in [-0.3, -0.25) is 19.4 Å². The first-order valence-electron chi connectivity index (χ1n) is 14.8. The van der Waals surface area contributed by atoms with Crippen LogP contribution in [0.5, 0.6) is 0 Å². The van der Waals surface area contributed by atoms with Crippen LogP contribution in [0.3, 0.4) is 0 Å². The summed E-state index contributed by atoms with van der Waals surface area (Å²) in [4.78, 5) is 58.8. The van der Waals surface area contributed by atoms with E-state index in [9.17, 15) is 19.5 Å². The number of ether oxygens (including phenoxy) is 1. The van der Waals surface area contributed by atoms with Gasteiger partial charge in [0.15, 0.2) is 5.78 Å². The molecule has 0 amide bonds. The molecule has 0 aromatic heterocycles. The van der Waals surface area contributed by atoms with Crippen molar-refractivity contribution in [2.75, 3.05) is 7.11 Å². The Morgan fingerprint density at radius 3 is 2.30 bits per heavy atom. The van der Waals surface area contributed by atoms with Gasteiger partial charge in [-0.2, -0.15) is 0 Å². The van der Waals surface area contributed by atoms with Crippen LogP contribution < -0.4 is 0 Å². The molecule has 1 saturated carbocycles. The van der Waals surface area contributed by atoms with Crippen molar-refractivity contribution in [3.63, 3.8) is 0 Å². The molecule has 44 heavy (non-hydrogen) atoms. The van der Waals surface area contributed by atoms with E-state index in [4.69, 9.17) is 24.7 Å². The minimum absolute atomic E-state index is 0.0952. The van der Waals surface area contributed by atoms with Crippen LogP contribution in [0.2, 0.25) is 0 Å². The molecular formula is C35H34N4O5. The van der Waals surface area contributed by atoms with E-state index in [1.807, 2.05) is 45.9 Å². The van der Waals surface area contributed by atoms with Gasteiger partial charge < -0.3 is 9.84 Å². The quantitative estimate of drug-likeness (QED) is 0.311. The molecule has 3 atom stereocenters. The molecule has 0 saturated heterocycles. The third-order valence-corrected chi connectivity index (χ3v) is 9.41. The zero-order valence-electron chi connectivity index (χ0n) is 25.7. The molecule has 0 aromatic rings. The number of carbonyl (C=O) groups is 3. The number of allylic oxidation sites excluding steroid dienone is 11. The molecule has 6 aliphatic rings. The maximum Gasteiger partial charge on any atom is 0.321 e. The number of Topliss-reactive ketones (excluding diaryl/α,β-unsaturated/α-hetero) is 1. The lowest BCUT2D eigenvalue weighted by atomic mass is 9.83. The van der Waals surface area contributed by atoms with Crippen LogP contribution in [0, 0.1) is 17.8 Å². The van der Waals surface area contributed by atoms with E-state index in [1.54, 1.807) is 6.08 Å². The van der Waals surface area contributed by atoms with Crippen LogP contribution in [0.1, 0.15) is 53.9 Å². The Morgan fingerprint density at radius 1 is 0.977 bits per heavy atom. The SMILES string of the molecule is C=CC1=C(C)C2=CC3=NC(=C4C5=NC(=CC6=NC(=CC1=N2)C(C)=C6CC)C(C)=C5C(=O)C4C(=O)OC)C(CCC(=O)O)C3C. The molecule has 0 aromatic carbocycles. The van der Waals surface area contributed by atoms with Gasteiger partial charge >= 0.3 is 11.9 Å². The van der Waals surface area contributed by atoms with Gasteiger partial charge in [-0.05, 0) is 74.1 Å². The van der Waals surface area contributed by atoms with E-state index >= 15 is 0 Å². The Kier molecular flexibility index (Phi) is 7.14. The second kappa shape index (κ2) is 10.7. The van der Waals surface area contributed by atoms with Crippen molar-refractivity contribution in [1.29, 1.82) is 0 Å². The second-order valence-corrected chi connectivity index (χ2v) is 11.7. The zero-order chi connectivity index (χ0) is 31.6. The van der Waals surface area contributed by atoms with Crippen LogP contribution in [0.15, 0.2) is 113 Å². The smallest absolute Gasteiger partial charge is 0.321 e. The summed E-state index contributed by atoms with van der Waals surface area (Å²) in [6, 6.07) is 0. The highest BCUT2D eigenvalue weighted by atomic mass is 16.5. The molecule has 1 fully saturated rings. The first kappa shape index (κ1) is 29.3. The molecule has 3 unspecified atom stereocenters. The number of rotatable bonds is 6. The largest absolute Gasteiger partial charge is 0.481 e. The summed E-state index contributed by atoms with van der Waals surface area (Å²) >= 11 is 0. The normalized spacial score (nSPS) is 25.6. The van der Waals surface area contributed by atoms with Gasteiger partial charge in [-0.1, -0.05) is 26.5 Å². The Balaban J connectivity index is 1.69. The van der Waals surface area contributed by atoms with Crippen LogP contribution in [0.25, 0.3) is 0 Å². The fraction of sp³-hybridized carbons (Fsp3) is 0.343. The van der Waals surface area contributed by atoms with Crippen LogP contribution >= 0.6 is 0 Å². The van der Waals surface area contributed by atoms with Crippen molar-refractivity contribution < 1.29 is 24.2 Å². The van der Waals surface area contributed by atoms with E-state index in [-0.39, 0.29) is 30.5 Å². The number of methoxy groups -OCH3 is 1. The number of aliphatic imine (C=N–C) groups is 4. The lowest BCUT2D eigenvalue weighted by molar-refractivity contribution is -0.146. The summed E-state index contributed by atoms with van der Waals surface area (Å²) in [5.41, 5.74) is 10.6. The topological polar surface area (TPSA) is 130 Å². The highest BCUT2D eigenvalue weighted by Gasteiger charge is 2.51. The molecule has 1 N–H and O–H groups in total. The summed E-state index contributed by atoms with van der Waals surface area (Å²) in [6.45, 7) is 14.0. The van der Waals surface area contributed by atoms with Crippen molar-refractivity contribution in [3.05, 3.63) is 92.7 Å². The molecule has 224 valence electrons. The van der Waals surface area contributed by atoms with Gasteiger partial charge in [0, 0.05) is 40.7 Å². The average Bonchev–Trinajstić information content (AvgIpc) is 3.72. The van der Waals surface area contributed by atoms with Gasteiger partial charge in [0.2, 0.25) is 0 Å². The summed E-state index contributed by atoms with van der Waals surface area (Å²) in [5.74, 6) is -3.82. The van der Waals surface area contributed by atoms with E-state index in [0.717, 1.165) is 51.5 Å². The monoisotopic (exact) mass is 590 g/mol. The van der Waals surface area contributed by atoms with Gasteiger partial charge in [0.1, 0.15) is 5.92 Å². The van der Waals surface area contributed by atoms with Gasteiger partial charge in [0.05, 0.1) is 47.0 Å². The van der Waals surface area contributed by atoms with Crippen LogP contribution in [0.4, 0.5) is 0 Å². The van der Waals surface area contributed by atoms with Crippen LogP contribution in [-0.4, -0.2) is 52.8 Å². The molecule has 9 nitrogen and oxygen atoms in total. The number of nitrogens with zero attached hydrogens (tertiary/aromatic N) is 4. The molecule has 8 bridgehead atoms. The molecule has 1 aliphatic carbocycles. The predicted molar refractivity (Wildman–Crippen MR) is 170 cm³/mol. The number of hydrogen-bond acceptors (Lipinski definition) is 8. The first-order valence-corrected chi connectivity index (χ1v) is 14.8. The third kappa shape index (κ3) is 4.32. The molecule has 9 heteroatoms. The van der Waals surface area contributed by atoms with Crippen molar-refractivity contribution in [3.8, 4) is 0 Å². The van der Waals surface area contributed by atoms with E-state index < -0.39 is 17.9 Å². The van der Waals surface area contributed by atoms with Crippen LogP contribution in [-0.2, 0) is 19.1 Å². The van der Waals surface area contributed by atoms with Crippen molar-refractivity contribution >= 4 is 40.6 Å². The van der Waals surface area contributed by atoms with Gasteiger partial charge in [0.25, 0.3) is 0 Å². The Hall–Kier alpha value is -4.79. The fourth-order valence-electron chi connectivity index (χ4n) is 6.93. The number of aliphatic carboxylic acids is 1. The number of hydrogen-bond donors (Lipinski definition) is 1.